The minimum Gasteiger partial charge on any atom is -0.411 e. The summed E-state index contributed by atoms with van der Waals surface area (Å²) in [5.41, 5.74) is 4.56. The van der Waals surface area contributed by atoms with Crippen LogP contribution in [0.3, 0.4) is 0 Å². The van der Waals surface area contributed by atoms with E-state index in [4.69, 9.17) is 0 Å². The molecule has 136 valence electrons. The molecular weight excluding hydrogens is 332 g/mol. The zero-order chi connectivity index (χ0) is 18.5. The van der Waals surface area contributed by atoms with Crippen LogP contribution in [-0.4, -0.2) is 10.9 Å². The summed E-state index contributed by atoms with van der Waals surface area (Å²) < 4.78 is 0. The predicted octanol–water partition coefficient (Wildman–Crippen LogP) is 5.15. The van der Waals surface area contributed by atoms with Crippen LogP contribution in [0.25, 0.3) is 0 Å². The topological polar surface area (TPSA) is 44.6 Å². The Labute approximate surface area is 160 Å². The van der Waals surface area contributed by atoms with Crippen molar-refractivity contribution in [3.8, 4) is 0 Å². The third-order valence-corrected chi connectivity index (χ3v) is 5.41. The zero-order valence-electron chi connectivity index (χ0n) is 15.2. The first kappa shape index (κ1) is 17.5. The molecule has 0 aliphatic carbocycles. The third-order valence-electron chi connectivity index (χ3n) is 5.41. The van der Waals surface area contributed by atoms with Gasteiger partial charge in [0.05, 0.1) is 5.71 Å². The van der Waals surface area contributed by atoms with Crippen molar-refractivity contribution in [1.29, 1.82) is 0 Å². The number of hydrogen-bond acceptors (Lipinski definition) is 3. The molecule has 3 aromatic rings. The smallest absolute Gasteiger partial charge is 0.0642 e. The van der Waals surface area contributed by atoms with Gasteiger partial charge in [0.25, 0.3) is 0 Å². The van der Waals surface area contributed by atoms with Crippen molar-refractivity contribution in [3.05, 3.63) is 108 Å². The third kappa shape index (κ3) is 3.93. The molecule has 0 radical (unpaired) electrons. The van der Waals surface area contributed by atoms with E-state index in [1.807, 2.05) is 18.2 Å². The van der Waals surface area contributed by atoms with Gasteiger partial charge in [0.1, 0.15) is 0 Å². The van der Waals surface area contributed by atoms with Gasteiger partial charge in [-0.05, 0) is 23.1 Å². The Morgan fingerprint density at radius 3 is 1.93 bits per heavy atom. The first-order chi connectivity index (χ1) is 13.3. The van der Waals surface area contributed by atoms with E-state index in [0.717, 1.165) is 12.1 Å². The molecule has 0 amide bonds. The second kappa shape index (κ2) is 8.19. The maximum absolute atomic E-state index is 9.83. The van der Waals surface area contributed by atoms with Crippen molar-refractivity contribution >= 4 is 5.71 Å². The predicted molar refractivity (Wildman–Crippen MR) is 109 cm³/mol. The van der Waals surface area contributed by atoms with Crippen LogP contribution >= 0.6 is 0 Å². The van der Waals surface area contributed by atoms with E-state index in [2.05, 4.69) is 83.3 Å². The van der Waals surface area contributed by atoms with Gasteiger partial charge in [0, 0.05) is 24.4 Å². The maximum atomic E-state index is 9.83. The fourth-order valence-corrected chi connectivity index (χ4v) is 4.05. The van der Waals surface area contributed by atoms with Gasteiger partial charge in [-0.3, -0.25) is 0 Å². The molecule has 1 fully saturated rings. The molecular formula is C24H24N2O. The van der Waals surface area contributed by atoms with Gasteiger partial charge in [-0.1, -0.05) is 96.2 Å². The Morgan fingerprint density at radius 2 is 1.33 bits per heavy atom. The first-order valence-electron chi connectivity index (χ1n) is 9.46. The molecule has 3 atom stereocenters. The molecule has 2 N–H and O–H groups in total. The summed E-state index contributed by atoms with van der Waals surface area (Å²) in [6.07, 6.45) is 1.55. The lowest BCUT2D eigenvalue weighted by Gasteiger charge is -2.39. The SMILES string of the molecule is ON=C1C[C@@H](c2ccccc2)N[C@H](c2ccccc2)[C@H]1Cc1ccccc1. The van der Waals surface area contributed by atoms with Gasteiger partial charge >= 0.3 is 0 Å². The Kier molecular flexibility index (Phi) is 5.31. The van der Waals surface area contributed by atoms with Crippen LogP contribution in [0.15, 0.2) is 96.2 Å². The molecule has 1 heterocycles. The van der Waals surface area contributed by atoms with Crippen molar-refractivity contribution < 1.29 is 5.21 Å². The van der Waals surface area contributed by atoms with Gasteiger partial charge in [0.2, 0.25) is 0 Å². The summed E-state index contributed by atoms with van der Waals surface area (Å²) in [7, 11) is 0. The second-order valence-electron chi connectivity index (χ2n) is 7.11. The van der Waals surface area contributed by atoms with E-state index >= 15 is 0 Å². The number of piperidine rings is 1. The van der Waals surface area contributed by atoms with Gasteiger partial charge in [-0.15, -0.1) is 0 Å². The number of nitrogens with zero attached hydrogens (tertiary/aromatic N) is 1. The second-order valence-corrected chi connectivity index (χ2v) is 7.11. The Balaban J connectivity index is 1.70. The Morgan fingerprint density at radius 1 is 0.778 bits per heavy atom. The minimum absolute atomic E-state index is 0.0938. The Hall–Kier alpha value is -2.91. The largest absolute Gasteiger partial charge is 0.411 e. The summed E-state index contributed by atoms with van der Waals surface area (Å²) in [5, 5.41) is 17.4. The molecule has 0 spiro atoms. The first-order valence-corrected chi connectivity index (χ1v) is 9.46. The van der Waals surface area contributed by atoms with Crippen molar-refractivity contribution in [1.82, 2.24) is 5.32 Å². The molecule has 1 aliphatic rings. The van der Waals surface area contributed by atoms with Crippen LogP contribution < -0.4 is 5.32 Å². The number of nitrogens with one attached hydrogen (secondary N) is 1. The van der Waals surface area contributed by atoms with E-state index < -0.39 is 0 Å². The van der Waals surface area contributed by atoms with Crippen LogP contribution in [-0.2, 0) is 6.42 Å². The van der Waals surface area contributed by atoms with Gasteiger partial charge in [-0.25, -0.2) is 0 Å². The number of oxime groups is 1. The highest BCUT2D eigenvalue weighted by molar-refractivity contribution is 5.89. The van der Waals surface area contributed by atoms with Crippen LogP contribution in [0.5, 0.6) is 0 Å². The summed E-state index contributed by atoms with van der Waals surface area (Å²) in [4.78, 5) is 0. The molecule has 0 saturated carbocycles. The average Bonchev–Trinajstić information content (AvgIpc) is 2.76. The highest BCUT2D eigenvalue weighted by Gasteiger charge is 2.36. The maximum Gasteiger partial charge on any atom is 0.0642 e. The lowest BCUT2D eigenvalue weighted by molar-refractivity contribution is 0.288. The molecule has 1 aliphatic heterocycles. The van der Waals surface area contributed by atoms with Crippen molar-refractivity contribution in [2.75, 3.05) is 0 Å². The molecule has 1 saturated heterocycles. The fourth-order valence-electron chi connectivity index (χ4n) is 4.05. The van der Waals surface area contributed by atoms with Gasteiger partial charge < -0.3 is 10.5 Å². The summed E-state index contributed by atoms with van der Waals surface area (Å²) in [5.74, 6) is 0.111. The standard InChI is InChI=1S/C24H24N2O/c27-26-23-17-22(19-12-6-2-7-13-19)25-24(20-14-8-3-9-15-20)21(23)16-18-10-4-1-5-11-18/h1-15,21-22,24-25,27H,16-17H2/t21-,22-,24+/m0/s1. The highest BCUT2D eigenvalue weighted by Crippen LogP contribution is 2.37. The van der Waals surface area contributed by atoms with Crippen LogP contribution in [0.4, 0.5) is 0 Å². The van der Waals surface area contributed by atoms with E-state index in [0.29, 0.717) is 6.42 Å². The lowest BCUT2D eigenvalue weighted by Crippen LogP contribution is -2.43. The minimum atomic E-state index is 0.0938. The van der Waals surface area contributed by atoms with Crippen molar-refractivity contribution in [3.63, 3.8) is 0 Å². The summed E-state index contributed by atoms with van der Waals surface area (Å²) >= 11 is 0. The van der Waals surface area contributed by atoms with E-state index in [1.54, 1.807) is 0 Å². The monoisotopic (exact) mass is 356 g/mol. The van der Waals surface area contributed by atoms with E-state index in [-0.39, 0.29) is 18.0 Å². The number of hydrogen-bond donors (Lipinski definition) is 2. The number of rotatable bonds is 4. The van der Waals surface area contributed by atoms with Crippen LogP contribution in [0.1, 0.15) is 35.2 Å². The molecule has 0 unspecified atom stereocenters. The van der Waals surface area contributed by atoms with E-state index in [9.17, 15) is 5.21 Å². The van der Waals surface area contributed by atoms with E-state index in [1.165, 1.54) is 16.7 Å². The molecule has 4 rings (SSSR count). The molecule has 3 aromatic carbocycles. The lowest BCUT2D eigenvalue weighted by atomic mass is 9.77. The molecule has 0 bridgehead atoms. The molecule has 3 heteroatoms. The van der Waals surface area contributed by atoms with Gasteiger partial charge in [0.15, 0.2) is 0 Å². The quantitative estimate of drug-likeness (QED) is 0.501. The number of benzene rings is 3. The fraction of sp³-hybridized carbons (Fsp3) is 0.208. The highest BCUT2D eigenvalue weighted by atomic mass is 16.4. The Bertz CT molecular complexity index is 878. The average molecular weight is 356 g/mol. The summed E-state index contributed by atoms with van der Waals surface area (Å²) in [6, 6.07) is 31.5. The normalized spacial score (nSPS) is 24.0. The molecule has 0 aromatic heterocycles. The van der Waals surface area contributed by atoms with Gasteiger partial charge in [-0.2, -0.15) is 0 Å². The summed E-state index contributed by atoms with van der Waals surface area (Å²) in [6.45, 7) is 0. The zero-order valence-corrected chi connectivity index (χ0v) is 15.2. The van der Waals surface area contributed by atoms with Crippen LogP contribution in [0, 0.1) is 5.92 Å². The van der Waals surface area contributed by atoms with Crippen molar-refractivity contribution in [2.24, 2.45) is 11.1 Å². The molecule has 3 nitrogen and oxygen atoms in total. The molecule has 27 heavy (non-hydrogen) atoms. The van der Waals surface area contributed by atoms with Crippen molar-refractivity contribution in [2.45, 2.75) is 24.9 Å². The van der Waals surface area contributed by atoms with Crippen LogP contribution in [0.2, 0.25) is 0 Å².